The molecule has 22 heavy (non-hydrogen) atoms. The Morgan fingerprint density at radius 2 is 1.59 bits per heavy atom. The third-order valence-corrected chi connectivity index (χ3v) is 2.68. The first-order valence-corrected chi connectivity index (χ1v) is 8.38. The van der Waals surface area contributed by atoms with Gasteiger partial charge in [0.15, 0.2) is 0 Å². The van der Waals surface area contributed by atoms with E-state index in [1.807, 2.05) is 20.8 Å². The molecule has 7 nitrogen and oxygen atoms in total. The fraction of sp³-hybridized carbons (Fsp3) is 0.857. The van der Waals surface area contributed by atoms with Gasteiger partial charge in [-0.15, -0.1) is 0 Å². The minimum absolute atomic E-state index is 0.0593. The Kier molecular flexibility index (Phi) is 12.4. The van der Waals surface area contributed by atoms with E-state index < -0.39 is 5.60 Å². The first-order chi connectivity index (χ1) is 10.3. The summed E-state index contributed by atoms with van der Waals surface area (Å²) < 4.78 is 15.8. The molecular weight excluding hydrogens is 356 g/mol. The molecule has 0 spiro atoms. The zero-order valence-corrected chi connectivity index (χ0v) is 15.2. The first-order valence-electron chi connectivity index (χ1n) is 7.26. The second kappa shape index (κ2) is 12.8. The van der Waals surface area contributed by atoms with Crippen LogP contribution in [0.5, 0.6) is 0 Å². The summed E-state index contributed by atoms with van der Waals surface area (Å²) in [4.78, 5) is 22.3. The van der Waals surface area contributed by atoms with Crippen molar-refractivity contribution < 1.29 is 23.8 Å². The fourth-order valence-corrected chi connectivity index (χ4v) is 1.54. The molecule has 2 N–H and O–H groups in total. The van der Waals surface area contributed by atoms with Crippen LogP contribution in [0.2, 0.25) is 0 Å². The highest BCUT2D eigenvalue weighted by Crippen LogP contribution is 2.05. The van der Waals surface area contributed by atoms with Gasteiger partial charge < -0.3 is 24.8 Å². The molecule has 0 aromatic heterocycles. The minimum atomic E-state index is -0.458. The number of halogens is 1. The molecule has 0 saturated carbocycles. The second-order valence-electron chi connectivity index (χ2n) is 5.47. The Balaban J connectivity index is 3.24. The van der Waals surface area contributed by atoms with Crippen LogP contribution in [0.1, 0.15) is 20.8 Å². The van der Waals surface area contributed by atoms with Gasteiger partial charge in [0.25, 0.3) is 0 Å². The van der Waals surface area contributed by atoms with Gasteiger partial charge in [-0.2, -0.15) is 0 Å². The number of esters is 1. The summed E-state index contributed by atoms with van der Waals surface area (Å²) in [6.45, 7) is 8.62. The molecule has 0 aliphatic carbocycles. The van der Waals surface area contributed by atoms with Gasteiger partial charge in [0, 0.05) is 13.1 Å². The minimum Gasteiger partial charge on any atom is -0.459 e. The molecular formula is C14H27BrN2O5. The lowest BCUT2D eigenvalue weighted by Gasteiger charge is -2.19. The van der Waals surface area contributed by atoms with Crippen molar-refractivity contribution in [2.75, 3.05) is 51.4 Å². The molecule has 130 valence electrons. The van der Waals surface area contributed by atoms with Crippen molar-refractivity contribution in [3.8, 4) is 0 Å². The van der Waals surface area contributed by atoms with Crippen molar-refractivity contribution in [2.24, 2.45) is 0 Å². The van der Waals surface area contributed by atoms with Crippen LogP contribution in [0.4, 0.5) is 0 Å². The van der Waals surface area contributed by atoms with E-state index >= 15 is 0 Å². The summed E-state index contributed by atoms with van der Waals surface area (Å²) in [6, 6.07) is 0. The van der Waals surface area contributed by atoms with Gasteiger partial charge in [-0.1, -0.05) is 15.9 Å². The molecule has 0 rings (SSSR count). The van der Waals surface area contributed by atoms with Crippen LogP contribution in [0, 0.1) is 0 Å². The molecule has 0 aliphatic rings. The normalized spacial score (nSPS) is 11.3. The Hall–Kier alpha value is -0.700. The van der Waals surface area contributed by atoms with Crippen molar-refractivity contribution in [1.82, 2.24) is 10.6 Å². The molecule has 1 amide bonds. The van der Waals surface area contributed by atoms with E-state index in [0.717, 1.165) is 0 Å². The van der Waals surface area contributed by atoms with E-state index in [1.165, 1.54) is 0 Å². The average molecular weight is 383 g/mol. The van der Waals surface area contributed by atoms with E-state index in [0.29, 0.717) is 44.8 Å². The van der Waals surface area contributed by atoms with Gasteiger partial charge in [0.1, 0.15) is 5.60 Å². The lowest BCUT2D eigenvalue weighted by molar-refractivity contribution is -0.153. The lowest BCUT2D eigenvalue weighted by Crippen LogP contribution is -2.33. The molecule has 0 radical (unpaired) electrons. The zero-order chi connectivity index (χ0) is 16.8. The van der Waals surface area contributed by atoms with Gasteiger partial charge in [-0.25, -0.2) is 0 Å². The quantitative estimate of drug-likeness (QED) is 0.289. The first kappa shape index (κ1) is 21.3. The van der Waals surface area contributed by atoms with Gasteiger partial charge in [-0.05, 0) is 20.8 Å². The average Bonchev–Trinajstić information content (AvgIpc) is 2.42. The van der Waals surface area contributed by atoms with Gasteiger partial charge in [0.05, 0.1) is 38.3 Å². The van der Waals surface area contributed by atoms with E-state index in [-0.39, 0.29) is 18.4 Å². The largest absolute Gasteiger partial charge is 0.459 e. The SMILES string of the molecule is CC(C)(C)OC(=O)CNCCOCCOCCNC(=O)CBr. The summed E-state index contributed by atoms with van der Waals surface area (Å²) in [5.74, 6) is -0.336. The third kappa shape index (κ3) is 15.7. The van der Waals surface area contributed by atoms with Gasteiger partial charge >= 0.3 is 5.97 Å². The van der Waals surface area contributed by atoms with Crippen molar-refractivity contribution in [2.45, 2.75) is 26.4 Å². The Labute approximate surface area is 140 Å². The van der Waals surface area contributed by atoms with Crippen LogP contribution >= 0.6 is 15.9 Å². The maximum absolute atomic E-state index is 11.4. The van der Waals surface area contributed by atoms with Crippen molar-refractivity contribution in [1.29, 1.82) is 0 Å². The highest BCUT2D eigenvalue weighted by atomic mass is 79.9. The van der Waals surface area contributed by atoms with Crippen LogP contribution in [0.15, 0.2) is 0 Å². The van der Waals surface area contributed by atoms with E-state index in [1.54, 1.807) is 0 Å². The Bertz CT molecular complexity index is 321. The number of nitrogens with one attached hydrogen (secondary N) is 2. The number of hydrogen-bond donors (Lipinski definition) is 2. The van der Waals surface area contributed by atoms with E-state index in [4.69, 9.17) is 14.2 Å². The molecule has 0 fully saturated rings. The zero-order valence-electron chi connectivity index (χ0n) is 13.6. The van der Waals surface area contributed by atoms with Gasteiger partial charge in [0.2, 0.25) is 5.91 Å². The molecule has 0 atom stereocenters. The maximum Gasteiger partial charge on any atom is 0.320 e. The van der Waals surface area contributed by atoms with Crippen LogP contribution < -0.4 is 10.6 Å². The van der Waals surface area contributed by atoms with Crippen molar-refractivity contribution in [3.05, 3.63) is 0 Å². The lowest BCUT2D eigenvalue weighted by atomic mass is 10.2. The molecule has 0 heterocycles. The van der Waals surface area contributed by atoms with Crippen molar-refractivity contribution in [3.63, 3.8) is 0 Å². The van der Waals surface area contributed by atoms with Crippen LogP contribution in [-0.2, 0) is 23.8 Å². The predicted molar refractivity (Wildman–Crippen MR) is 87.2 cm³/mol. The Morgan fingerprint density at radius 3 is 2.14 bits per heavy atom. The molecule has 0 aromatic carbocycles. The summed E-state index contributed by atoms with van der Waals surface area (Å²) in [5.41, 5.74) is -0.458. The summed E-state index contributed by atoms with van der Waals surface area (Å²) >= 11 is 3.05. The topological polar surface area (TPSA) is 85.9 Å². The smallest absolute Gasteiger partial charge is 0.320 e. The number of carbonyl (C=O) groups is 2. The van der Waals surface area contributed by atoms with Crippen LogP contribution in [-0.4, -0.2) is 68.9 Å². The van der Waals surface area contributed by atoms with Crippen LogP contribution in [0.3, 0.4) is 0 Å². The number of ether oxygens (including phenoxy) is 3. The summed E-state index contributed by atoms with van der Waals surface area (Å²) in [7, 11) is 0. The second-order valence-corrected chi connectivity index (χ2v) is 6.03. The molecule has 8 heteroatoms. The molecule has 0 bridgehead atoms. The fourth-order valence-electron chi connectivity index (χ4n) is 1.34. The third-order valence-electron chi connectivity index (χ3n) is 2.17. The van der Waals surface area contributed by atoms with Crippen LogP contribution in [0.25, 0.3) is 0 Å². The Morgan fingerprint density at radius 1 is 1.00 bits per heavy atom. The molecule has 0 saturated heterocycles. The number of amides is 1. The van der Waals surface area contributed by atoms with E-state index in [2.05, 4.69) is 26.6 Å². The maximum atomic E-state index is 11.4. The number of carbonyl (C=O) groups excluding carboxylic acids is 2. The summed E-state index contributed by atoms with van der Waals surface area (Å²) in [5, 5.41) is 5.92. The van der Waals surface area contributed by atoms with E-state index in [9.17, 15) is 9.59 Å². The van der Waals surface area contributed by atoms with Crippen molar-refractivity contribution >= 4 is 27.8 Å². The molecule has 0 aliphatic heterocycles. The number of hydrogen-bond acceptors (Lipinski definition) is 6. The predicted octanol–water partition coefficient (Wildman–Crippen LogP) is 0.462. The standard InChI is InChI=1S/C14H27BrN2O5/c1-14(2,3)22-13(19)11-16-4-6-20-8-9-21-7-5-17-12(18)10-15/h16H,4-11H2,1-3H3,(H,17,18). The number of alkyl halides is 1. The summed E-state index contributed by atoms with van der Waals surface area (Å²) in [6.07, 6.45) is 0. The highest BCUT2D eigenvalue weighted by molar-refractivity contribution is 9.09. The molecule has 0 unspecified atom stereocenters. The van der Waals surface area contributed by atoms with Gasteiger partial charge in [-0.3, -0.25) is 9.59 Å². The monoisotopic (exact) mass is 382 g/mol. The highest BCUT2D eigenvalue weighted by Gasteiger charge is 2.15. The number of rotatable bonds is 12. The molecule has 0 aromatic rings.